The Balaban J connectivity index is 1.60. The second kappa shape index (κ2) is 7.83. The van der Waals surface area contributed by atoms with Crippen molar-refractivity contribution >= 4 is 17.8 Å². The number of ketones is 1. The van der Waals surface area contributed by atoms with E-state index < -0.39 is 11.8 Å². The van der Waals surface area contributed by atoms with Gasteiger partial charge in [0.1, 0.15) is 23.1 Å². The second-order valence-corrected chi connectivity index (χ2v) is 6.73. The third kappa shape index (κ3) is 3.80. The number of carbonyl (C=O) groups is 2. The highest BCUT2D eigenvalue weighted by atomic mass is 19.1. The fourth-order valence-corrected chi connectivity index (χ4v) is 3.17. The van der Waals surface area contributed by atoms with E-state index in [2.05, 4.69) is 0 Å². The lowest BCUT2D eigenvalue weighted by Crippen LogP contribution is -2.08. The average Bonchev–Trinajstić information content (AvgIpc) is 3.04. The molecule has 0 aliphatic carbocycles. The van der Waals surface area contributed by atoms with Gasteiger partial charge in [-0.1, -0.05) is 12.1 Å². The van der Waals surface area contributed by atoms with Crippen molar-refractivity contribution in [3.8, 4) is 17.2 Å². The van der Waals surface area contributed by atoms with Crippen molar-refractivity contribution in [2.45, 2.75) is 6.92 Å². The van der Waals surface area contributed by atoms with E-state index in [-0.39, 0.29) is 22.9 Å². The zero-order valence-electron chi connectivity index (χ0n) is 16.3. The first kappa shape index (κ1) is 19.4. The molecule has 3 aromatic rings. The summed E-state index contributed by atoms with van der Waals surface area (Å²) in [5, 5.41) is 0. The van der Waals surface area contributed by atoms with Gasteiger partial charge in [0.05, 0.1) is 18.2 Å². The van der Waals surface area contributed by atoms with E-state index in [1.54, 1.807) is 38.3 Å². The van der Waals surface area contributed by atoms with E-state index in [0.717, 1.165) is 5.56 Å². The fraction of sp³-hybridized carbons (Fsp3) is 0.0833. The molecular formula is C24H17FO5. The molecule has 0 fully saturated rings. The Morgan fingerprint density at radius 3 is 2.53 bits per heavy atom. The summed E-state index contributed by atoms with van der Waals surface area (Å²) in [6, 6.07) is 15.4. The summed E-state index contributed by atoms with van der Waals surface area (Å²) in [6.45, 7) is 1.74. The quantitative estimate of drug-likeness (QED) is 0.349. The van der Waals surface area contributed by atoms with Gasteiger partial charge in [-0.2, -0.15) is 0 Å². The molecule has 1 aliphatic rings. The summed E-state index contributed by atoms with van der Waals surface area (Å²) in [4.78, 5) is 25.1. The molecule has 0 spiro atoms. The summed E-state index contributed by atoms with van der Waals surface area (Å²) in [5.41, 5.74) is 2.01. The minimum Gasteiger partial charge on any atom is -0.497 e. The molecule has 4 rings (SSSR count). The van der Waals surface area contributed by atoms with E-state index >= 15 is 0 Å². The van der Waals surface area contributed by atoms with Crippen molar-refractivity contribution in [1.29, 1.82) is 0 Å². The van der Waals surface area contributed by atoms with Gasteiger partial charge in [-0.25, -0.2) is 9.18 Å². The normalized spacial score (nSPS) is 13.7. The maximum atomic E-state index is 13.0. The maximum Gasteiger partial charge on any atom is 0.343 e. The zero-order chi connectivity index (χ0) is 21.3. The number of hydrogen-bond acceptors (Lipinski definition) is 5. The molecule has 3 aromatic carbocycles. The molecule has 0 radical (unpaired) electrons. The highest BCUT2D eigenvalue weighted by Gasteiger charge is 2.30. The fourth-order valence-electron chi connectivity index (χ4n) is 3.17. The summed E-state index contributed by atoms with van der Waals surface area (Å²) in [7, 11) is 1.57. The minimum absolute atomic E-state index is 0.170. The molecule has 0 unspecified atom stereocenters. The van der Waals surface area contributed by atoms with Crippen LogP contribution < -0.4 is 14.2 Å². The maximum absolute atomic E-state index is 13.0. The number of ether oxygens (including phenoxy) is 3. The van der Waals surface area contributed by atoms with Crippen LogP contribution in [-0.2, 0) is 0 Å². The van der Waals surface area contributed by atoms with Crippen LogP contribution in [0.15, 0.2) is 66.4 Å². The Bertz CT molecular complexity index is 1180. The van der Waals surface area contributed by atoms with Crippen LogP contribution in [0.1, 0.15) is 31.8 Å². The number of fused-ring (bicyclic) bond motifs is 1. The smallest absolute Gasteiger partial charge is 0.343 e. The predicted octanol–water partition coefficient (Wildman–Crippen LogP) is 4.98. The van der Waals surface area contributed by atoms with Crippen LogP contribution in [0.4, 0.5) is 4.39 Å². The number of aryl methyl sites for hydroxylation is 1. The molecule has 1 aliphatic heterocycles. The van der Waals surface area contributed by atoms with Gasteiger partial charge in [0.2, 0.25) is 5.78 Å². The number of carbonyl (C=O) groups excluding carboxylic acids is 2. The molecule has 0 saturated heterocycles. The van der Waals surface area contributed by atoms with Crippen LogP contribution in [-0.4, -0.2) is 18.9 Å². The molecule has 0 amide bonds. The molecular weight excluding hydrogens is 387 g/mol. The van der Waals surface area contributed by atoms with Crippen LogP contribution in [0.2, 0.25) is 0 Å². The molecule has 5 nitrogen and oxygen atoms in total. The van der Waals surface area contributed by atoms with E-state index in [0.29, 0.717) is 22.6 Å². The molecule has 0 aromatic heterocycles. The molecule has 30 heavy (non-hydrogen) atoms. The molecule has 150 valence electrons. The molecule has 0 bridgehead atoms. The first-order valence-electron chi connectivity index (χ1n) is 9.15. The van der Waals surface area contributed by atoms with Gasteiger partial charge in [-0.05, 0) is 66.6 Å². The molecule has 0 N–H and O–H groups in total. The Labute approximate surface area is 172 Å². The lowest BCUT2D eigenvalue weighted by atomic mass is 10.0. The first-order valence-corrected chi connectivity index (χ1v) is 9.15. The number of allylic oxidation sites excluding steroid dienone is 1. The highest BCUT2D eigenvalue weighted by molar-refractivity contribution is 6.15. The van der Waals surface area contributed by atoms with E-state index in [9.17, 15) is 14.0 Å². The first-order chi connectivity index (χ1) is 14.4. The number of halogens is 1. The van der Waals surface area contributed by atoms with Crippen molar-refractivity contribution in [1.82, 2.24) is 0 Å². The minimum atomic E-state index is -0.634. The summed E-state index contributed by atoms with van der Waals surface area (Å²) in [6.07, 6.45) is 1.63. The number of benzene rings is 3. The van der Waals surface area contributed by atoms with E-state index in [1.807, 2.05) is 12.1 Å². The number of hydrogen-bond donors (Lipinski definition) is 0. The zero-order valence-corrected chi connectivity index (χ0v) is 16.3. The van der Waals surface area contributed by atoms with Crippen molar-refractivity contribution in [2.24, 2.45) is 0 Å². The van der Waals surface area contributed by atoms with Crippen molar-refractivity contribution < 1.29 is 28.2 Å². The number of esters is 1. The van der Waals surface area contributed by atoms with Gasteiger partial charge < -0.3 is 14.2 Å². The van der Waals surface area contributed by atoms with Crippen LogP contribution >= 0.6 is 0 Å². The van der Waals surface area contributed by atoms with Gasteiger partial charge in [-0.15, -0.1) is 0 Å². The average molecular weight is 404 g/mol. The van der Waals surface area contributed by atoms with E-state index in [1.165, 1.54) is 30.3 Å². The van der Waals surface area contributed by atoms with Crippen LogP contribution in [0.25, 0.3) is 6.08 Å². The van der Waals surface area contributed by atoms with Crippen molar-refractivity contribution in [2.75, 3.05) is 7.11 Å². The molecule has 1 heterocycles. The standard InChI is InChI=1S/C24H17FO5/c1-14-10-19(29-24(27)16-6-8-17(25)9-7-16)13-20-22(14)23(26)21(30-20)12-15-4-3-5-18(11-15)28-2/h3-13H,1-2H3/b21-12-. The summed E-state index contributed by atoms with van der Waals surface area (Å²) >= 11 is 0. The molecule has 0 atom stereocenters. The van der Waals surface area contributed by atoms with Gasteiger partial charge in [0.15, 0.2) is 5.76 Å². The van der Waals surface area contributed by atoms with Gasteiger partial charge >= 0.3 is 5.97 Å². The molecule has 6 heteroatoms. The Morgan fingerprint density at radius 1 is 1.03 bits per heavy atom. The number of rotatable bonds is 4. The third-order valence-electron chi connectivity index (χ3n) is 4.63. The topological polar surface area (TPSA) is 61.8 Å². The van der Waals surface area contributed by atoms with Crippen LogP contribution in [0, 0.1) is 12.7 Å². The highest BCUT2D eigenvalue weighted by Crippen LogP contribution is 2.37. The van der Waals surface area contributed by atoms with Crippen molar-refractivity contribution in [3.05, 3.63) is 94.5 Å². The SMILES string of the molecule is COc1cccc(/C=C2\Oc3cc(OC(=O)c4ccc(F)cc4)cc(C)c3C2=O)c1. The number of Topliss-reactive ketones (excluding diaryl/α,β-unsaturated/α-hetero) is 1. The third-order valence-corrected chi connectivity index (χ3v) is 4.63. The largest absolute Gasteiger partial charge is 0.497 e. The number of methoxy groups -OCH3 is 1. The van der Waals surface area contributed by atoms with Crippen LogP contribution in [0.3, 0.4) is 0 Å². The lowest BCUT2D eigenvalue weighted by molar-refractivity contribution is 0.0734. The van der Waals surface area contributed by atoms with Gasteiger partial charge in [0, 0.05) is 6.07 Å². The van der Waals surface area contributed by atoms with Crippen LogP contribution in [0.5, 0.6) is 17.2 Å². The van der Waals surface area contributed by atoms with E-state index in [4.69, 9.17) is 14.2 Å². The lowest BCUT2D eigenvalue weighted by Gasteiger charge is -2.08. The Morgan fingerprint density at radius 2 is 1.80 bits per heavy atom. The Kier molecular flexibility index (Phi) is 5.06. The van der Waals surface area contributed by atoms with Gasteiger partial charge in [0.25, 0.3) is 0 Å². The second-order valence-electron chi connectivity index (χ2n) is 6.73. The molecule has 0 saturated carbocycles. The van der Waals surface area contributed by atoms with Crippen molar-refractivity contribution in [3.63, 3.8) is 0 Å². The predicted molar refractivity (Wildman–Crippen MR) is 108 cm³/mol. The van der Waals surface area contributed by atoms with Gasteiger partial charge in [-0.3, -0.25) is 4.79 Å². The Hall–Kier alpha value is -3.93. The summed E-state index contributed by atoms with van der Waals surface area (Å²) < 4.78 is 29.4. The summed E-state index contributed by atoms with van der Waals surface area (Å²) in [5.74, 6) is 0.0589. The monoisotopic (exact) mass is 404 g/mol.